The molecule has 1 aliphatic carbocycles. The third kappa shape index (κ3) is 2.48. The van der Waals surface area contributed by atoms with Gasteiger partial charge in [-0.3, -0.25) is 14.5 Å². The van der Waals surface area contributed by atoms with Crippen LogP contribution in [0, 0.1) is 6.92 Å². The van der Waals surface area contributed by atoms with E-state index in [1.807, 2.05) is 25.1 Å². The summed E-state index contributed by atoms with van der Waals surface area (Å²) < 4.78 is 0. The van der Waals surface area contributed by atoms with Crippen molar-refractivity contribution in [1.82, 2.24) is 0 Å². The van der Waals surface area contributed by atoms with Gasteiger partial charge in [-0.2, -0.15) is 0 Å². The number of imide groups is 1. The van der Waals surface area contributed by atoms with Crippen LogP contribution in [0.3, 0.4) is 0 Å². The molecule has 1 saturated heterocycles. The summed E-state index contributed by atoms with van der Waals surface area (Å²) in [6.45, 7) is 1.95. The van der Waals surface area contributed by atoms with Crippen molar-refractivity contribution in [3.05, 3.63) is 35.1 Å². The molecule has 2 aliphatic rings. The van der Waals surface area contributed by atoms with Crippen LogP contribution in [0.2, 0.25) is 0 Å². The topological polar surface area (TPSA) is 51.5 Å². The average molecular weight is 271 g/mol. The number of amides is 2. The summed E-state index contributed by atoms with van der Waals surface area (Å²) in [5.74, 6) is -0.292. The molecular weight excluding hydrogens is 252 g/mol. The zero-order valence-electron chi connectivity index (χ0n) is 11.7. The smallest absolute Gasteiger partial charge is 0.232 e. The molecule has 1 aromatic carbocycles. The number of hydrogen-bond donors (Lipinski definition) is 0. The van der Waals surface area contributed by atoms with Crippen LogP contribution in [0.1, 0.15) is 37.7 Å². The van der Waals surface area contributed by atoms with E-state index >= 15 is 0 Å². The lowest BCUT2D eigenvalue weighted by Gasteiger charge is -2.32. The van der Waals surface area contributed by atoms with E-state index in [1.165, 1.54) is 17.7 Å². The summed E-state index contributed by atoms with van der Waals surface area (Å²) in [5.41, 5.74) is 1.71. The van der Waals surface area contributed by atoms with Crippen LogP contribution in [0.15, 0.2) is 24.3 Å². The van der Waals surface area contributed by atoms with E-state index in [0.717, 1.165) is 18.4 Å². The Labute approximate surface area is 119 Å². The highest BCUT2D eigenvalue weighted by Gasteiger charge is 2.35. The molecular formula is C16H19N2O2-. The summed E-state index contributed by atoms with van der Waals surface area (Å²) in [4.78, 5) is 25.9. The van der Waals surface area contributed by atoms with E-state index in [1.54, 1.807) is 6.07 Å². The number of aryl methyl sites for hydroxylation is 1. The van der Waals surface area contributed by atoms with Crippen molar-refractivity contribution in [3.8, 4) is 0 Å². The van der Waals surface area contributed by atoms with Crippen LogP contribution >= 0.6 is 0 Å². The summed E-state index contributed by atoms with van der Waals surface area (Å²) in [7, 11) is 0. The van der Waals surface area contributed by atoms with E-state index in [-0.39, 0.29) is 24.3 Å². The van der Waals surface area contributed by atoms with Crippen molar-refractivity contribution >= 4 is 17.5 Å². The SMILES string of the molecule is Cc1cccc(N2C(=O)CC([N-]C3CCCC3)C2=O)c1. The van der Waals surface area contributed by atoms with Crippen LogP contribution < -0.4 is 4.90 Å². The second-order valence-corrected chi connectivity index (χ2v) is 5.71. The first-order chi connectivity index (χ1) is 9.65. The van der Waals surface area contributed by atoms with Crippen LogP contribution in [0.25, 0.3) is 5.32 Å². The van der Waals surface area contributed by atoms with Crippen molar-refractivity contribution < 1.29 is 9.59 Å². The molecule has 0 spiro atoms. The second-order valence-electron chi connectivity index (χ2n) is 5.71. The van der Waals surface area contributed by atoms with Gasteiger partial charge in [0.25, 0.3) is 0 Å². The van der Waals surface area contributed by atoms with Gasteiger partial charge in [-0.25, -0.2) is 0 Å². The number of benzene rings is 1. The fourth-order valence-corrected chi connectivity index (χ4v) is 3.08. The lowest BCUT2D eigenvalue weighted by molar-refractivity contribution is -0.121. The molecule has 0 bridgehead atoms. The minimum Gasteiger partial charge on any atom is -0.648 e. The van der Waals surface area contributed by atoms with Crippen LogP contribution in [-0.2, 0) is 9.59 Å². The van der Waals surface area contributed by atoms with Gasteiger partial charge in [0, 0.05) is 6.42 Å². The number of hydrogen-bond acceptors (Lipinski definition) is 2. The number of nitrogens with zero attached hydrogens (tertiary/aromatic N) is 2. The first-order valence-electron chi connectivity index (χ1n) is 7.28. The van der Waals surface area contributed by atoms with E-state index in [9.17, 15) is 9.59 Å². The molecule has 1 atom stereocenters. The van der Waals surface area contributed by atoms with Crippen molar-refractivity contribution in [2.45, 2.75) is 51.1 Å². The Kier molecular flexibility index (Phi) is 3.57. The van der Waals surface area contributed by atoms with Gasteiger partial charge in [0.1, 0.15) is 0 Å². The maximum Gasteiger partial charge on any atom is 0.232 e. The Morgan fingerprint density at radius 1 is 1.20 bits per heavy atom. The predicted octanol–water partition coefficient (Wildman–Crippen LogP) is 2.94. The number of rotatable bonds is 3. The molecule has 0 radical (unpaired) electrons. The van der Waals surface area contributed by atoms with E-state index in [4.69, 9.17) is 0 Å². The van der Waals surface area contributed by atoms with Crippen LogP contribution in [0.4, 0.5) is 5.69 Å². The minimum atomic E-state index is -0.467. The zero-order chi connectivity index (χ0) is 14.1. The van der Waals surface area contributed by atoms with Crippen molar-refractivity contribution in [2.75, 3.05) is 4.90 Å². The first-order valence-corrected chi connectivity index (χ1v) is 7.28. The molecule has 4 heteroatoms. The van der Waals surface area contributed by atoms with Gasteiger partial charge in [0.05, 0.1) is 5.69 Å². The van der Waals surface area contributed by atoms with Gasteiger partial charge in [0.15, 0.2) is 0 Å². The summed E-state index contributed by atoms with van der Waals surface area (Å²) in [6.07, 6.45) is 4.71. The maximum absolute atomic E-state index is 12.4. The fraction of sp³-hybridized carbons (Fsp3) is 0.500. The molecule has 4 nitrogen and oxygen atoms in total. The molecule has 20 heavy (non-hydrogen) atoms. The van der Waals surface area contributed by atoms with Gasteiger partial charge < -0.3 is 5.32 Å². The molecule has 2 fully saturated rings. The molecule has 3 rings (SSSR count). The standard InChI is InChI=1S/C16H19N2O2/c1-11-5-4-8-13(9-11)18-15(19)10-14(16(18)20)17-12-6-2-3-7-12/h4-5,8-9,12,14H,2-3,6-7,10H2,1H3/q-1. The zero-order valence-corrected chi connectivity index (χ0v) is 11.7. The highest BCUT2D eigenvalue weighted by atomic mass is 16.2. The largest absolute Gasteiger partial charge is 0.648 e. The van der Waals surface area contributed by atoms with E-state index in [0.29, 0.717) is 5.69 Å². The summed E-state index contributed by atoms with van der Waals surface area (Å²) >= 11 is 0. The van der Waals surface area contributed by atoms with Gasteiger partial charge in [0.2, 0.25) is 11.8 Å². The fourth-order valence-electron chi connectivity index (χ4n) is 3.08. The molecule has 0 N–H and O–H groups in total. The lowest BCUT2D eigenvalue weighted by Crippen LogP contribution is -2.32. The van der Waals surface area contributed by atoms with Gasteiger partial charge in [-0.1, -0.05) is 37.8 Å². The van der Waals surface area contributed by atoms with E-state index in [2.05, 4.69) is 5.32 Å². The van der Waals surface area contributed by atoms with Crippen LogP contribution in [-0.4, -0.2) is 23.9 Å². The highest BCUT2D eigenvalue weighted by molar-refractivity contribution is 6.23. The Morgan fingerprint density at radius 3 is 2.65 bits per heavy atom. The third-order valence-corrected chi connectivity index (χ3v) is 4.10. The summed E-state index contributed by atoms with van der Waals surface area (Å²) in [5, 5.41) is 4.59. The minimum absolute atomic E-state index is 0.132. The molecule has 1 saturated carbocycles. The molecule has 2 amide bonds. The lowest BCUT2D eigenvalue weighted by atomic mass is 10.2. The molecule has 1 aliphatic heterocycles. The molecule has 1 unspecified atom stereocenters. The second kappa shape index (κ2) is 5.37. The number of anilines is 1. The van der Waals surface area contributed by atoms with Crippen molar-refractivity contribution in [2.24, 2.45) is 0 Å². The van der Waals surface area contributed by atoms with Crippen molar-refractivity contribution in [3.63, 3.8) is 0 Å². The number of carbonyl (C=O) groups is 2. The Morgan fingerprint density at radius 2 is 1.95 bits per heavy atom. The molecule has 0 aromatic heterocycles. The molecule has 1 heterocycles. The number of carbonyl (C=O) groups excluding carboxylic acids is 2. The van der Waals surface area contributed by atoms with Gasteiger partial charge >= 0.3 is 0 Å². The predicted molar refractivity (Wildman–Crippen MR) is 77.7 cm³/mol. The van der Waals surface area contributed by atoms with Gasteiger partial charge in [-0.15, -0.1) is 6.04 Å². The first kappa shape index (κ1) is 13.3. The van der Waals surface area contributed by atoms with Crippen molar-refractivity contribution in [1.29, 1.82) is 0 Å². The monoisotopic (exact) mass is 271 g/mol. The molecule has 1 aromatic rings. The summed E-state index contributed by atoms with van der Waals surface area (Å²) in [6, 6.07) is 7.30. The maximum atomic E-state index is 12.4. The highest BCUT2D eigenvalue weighted by Crippen LogP contribution is 2.32. The quantitative estimate of drug-likeness (QED) is 0.794. The normalized spacial score (nSPS) is 23.9. The Balaban J connectivity index is 1.76. The average Bonchev–Trinajstić information content (AvgIpc) is 2.99. The molecule has 106 valence electrons. The van der Waals surface area contributed by atoms with E-state index < -0.39 is 6.04 Å². The third-order valence-electron chi connectivity index (χ3n) is 4.10. The Hall–Kier alpha value is -1.68. The van der Waals surface area contributed by atoms with Gasteiger partial charge in [-0.05, 0) is 30.7 Å². The Bertz CT molecular complexity index is 535. The van der Waals surface area contributed by atoms with Crippen LogP contribution in [0.5, 0.6) is 0 Å².